The van der Waals surface area contributed by atoms with Gasteiger partial charge in [0.2, 0.25) is 0 Å². The fourth-order valence-corrected chi connectivity index (χ4v) is 2.87. The number of phenolic OH excluding ortho intramolecular Hbond substituents is 1. The summed E-state index contributed by atoms with van der Waals surface area (Å²) in [5.74, 6) is -0.173. The van der Waals surface area contributed by atoms with Gasteiger partial charge in [-0.1, -0.05) is 42.5 Å². The molecule has 0 spiro atoms. The average Bonchev–Trinajstić information content (AvgIpc) is 2.67. The van der Waals surface area contributed by atoms with Gasteiger partial charge in [-0.2, -0.15) is 26.3 Å². The topological polar surface area (TPSA) is 32.6 Å². The number of rotatable bonds is 3. The molecule has 0 saturated carbocycles. The number of aromatic hydroxyl groups is 1. The Balaban J connectivity index is 2.08. The third kappa shape index (κ3) is 4.64. The molecule has 3 aromatic rings. The van der Waals surface area contributed by atoms with Crippen LogP contribution in [-0.4, -0.2) is 11.3 Å². The van der Waals surface area contributed by atoms with Crippen LogP contribution in [0.15, 0.2) is 65.7 Å². The van der Waals surface area contributed by atoms with Gasteiger partial charge in [-0.05, 0) is 36.2 Å². The number of benzene rings is 3. The summed E-state index contributed by atoms with van der Waals surface area (Å²) in [6.45, 7) is 1.64. The minimum Gasteiger partial charge on any atom is -0.507 e. The molecule has 3 rings (SSSR count). The van der Waals surface area contributed by atoms with Crippen LogP contribution >= 0.6 is 0 Å². The van der Waals surface area contributed by atoms with Crippen molar-refractivity contribution in [2.24, 2.45) is 4.99 Å². The zero-order valence-electron chi connectivity index (χ0n) is 15.5. The number of nitrogens with zero attached hydrogens (tertiary/aromatic N) is 1. The first kappa shape index (κ1) is 21.4. The first-order chi connectivity index (χ1) is 14.0. The Labute approximate surface area is 168 Å². The molecule has 156 valence electrons. The minimum atomic E-state index is -4.96. The lowest BCUT2D eigenvalue weighted by atomic mass is 9.98. The molecule has 0 radical (unpaired) electrons. The van der Waals surface area contributed by atoms with E-state index in [1.807, 2.05) is 0 Å². The molecule has 0 aromatic heterocycles. The number of hydrogen-bond acceptors (Lipinski definition) is 2. The Morgan fingerprint density at radius 1 is 0.800 bits per heavy atom. The van der Waals surface area contributed by atoms with E-state index in [2.05, 4.69) is 4.99 Å². The summed E-state index contributed by atoms with van der Waals surface area (Å²) >= 11 is 0. The van der Waals surface area contributed by atoms with Gasteiger partial charge < -0.3 is 5.11 Å². The Bertz CT molecular complexity index is 1050. The number of alkyl halides is 6. The first-order valence-corrected chi connectivity index (χ1v) is 8.68. The highest BCUT2D eigenvalue weighted by Gasteiger charge is 2.36. The molecule has 0 heterocycles. The Hall–Kier alpha value is -3.29. The highest BCUT2D eigenvalue weighted by Crippen LogP contribution is 2.39. The van der Waals surface area contributed by atoms with Crippen LogP contribution in [0.25, 0.3) is 11.1 Å². The number of halogens is 6. The van der Waals surface area contributed by atoms with E-state index in [1.54, 1.807) is 49.4 Å². The van der Waals surface area contributed by atoms with E-state index in [0.29, 0.717) is 28.8 Å². The number of aryl methyl sites for hydroxylation is 1. The molecule has 30 heavy (non-hydrogen) atoms. The molecule has 0 fully saturated rings. The number of aliphatic imine (C=N–C) groups is 1. The van der Waals surface area contributed by atoms with Crippen LogP contribution in [0, 0.1) is 6.92 Å². The van der Waals surface area contributed by atoms with Gasteiger partial charge in [0.15, 0.2) is 0 Å². The van der Waals surface area contributed by atoms with Gasteiger partial charge in [-0.15, -0.1) is 0 Å². The highest BCUT2D eigenvalue weighted by atomic mass is 19.4. The highest BCUT2D eigenvalue weighted by molar-refractivity contribution is 5.91. The van der Waals surface area contributed by atoms with Crippen LogP contribution in [0.5, 0.6) is 5.75 Å². The molecule has 0 aliphatic heterocycles. The Morgan fingerprint density at radius 2 is 1.37 bits per heavy atom. The second kappa shape index (κ2) is 7.85. The van der Waals surface area contributed by atoms with Crippen molar-refractivity contribution in [3.05, 3.63) is 82.9 Å². The van der Waals surface area contributed by atoms with Crippen LogP contribution in [0.2, 0.25) is 0 Å². The maximum absolute atomic E-state index is 13.0. The third-order valence-corrected chi connectivity index (χ3v) is 4.44. The largest absolute Gasteiger partial charge is 0.507 e. The number of phenols is 1. The summed E-state index contributed by atoms with van der Waals surface area (Å²) in [6.07, 6.45) is -8.86. The number of hydrogen-bond donors (Lipinski definition) is 1. The molecule has 0 atom stereocenters. The van der Waals surface area contributed by atoms with Crippen molar-refractivity contribution in [3.63, 3.8) is 0 Å². The van der Waals surface area contributed by atoms with Crippen molar-refractivity contribution in [2.45, 2.75) is 19.3 Å². The molecular weight excluding hydrogens is 408 g/mol. The fourth-order valence-electron chi connectivity index (χ4n) is 2.87. The normalized spacial score (nSPS) is 12.5. The molecule has 0 saturated heterocycles. The van der Waals surface area contributed by atoms with Crippen molar-refractivity contribution in [2.75, 3.05) is 0 Å². The van der Waals surface area contributed by atoms with E-state index < -0.39 is 29.2 Å². The standard InChI is InChI=1S/C22H15F6NO/c1-13-7-8-18(14-5-3-2-4-6-14)20(30)19(13)12-29-17-10-15(21(23,24)25)9-16(11-17)22(26,27)28/h2-12,30H,1H3. The van der Waals surface area contributed by atoms with Gasteiger partial charge >= 0.3 is 12.4 Å². The fraction of sp³-hybridized carbons (Fsp3) is 0.136. The summed E-state index contributed by atoms with van der Waals surface area (Å²) in [6, 6.07) is 13.3. The maximum atomic E-state index is 13.0. The molecule has 0 unspecified atom stereocenters. The minimum absolute atomic E-state index is 0.0395. The molecule has 8 heteroatoms. The second-order valence-electron chi connectivity index (χ2n) is 6.58. The van der Waals surface area contributed by atoms with E-state index >= 15 is 0 Å². The molecule has 1 N–H and O–H groups in total. The predicted molar refractivity (Wildman–Crippen MR) is 102 cm³/mol. The molecular formula is C22H15F6NO. The monoisotopic (exact) mass is 423 g/mol. The predicted octanol–water partition coefficient (Wildman–Crippen LogP) is 7.16. The smallest absolute Gasteiger partial charge is 0.416 e. The van der Waals surface area contributed by atoms with Crippen LogP contribution in [-0.2, 0) is 12.4 Å². The average molecular weight is 423 g/mol. The van der Waals surface area contributed by atoms with Crippen molar-refractivity contribution in [1.82, 2.24) is 0 Å². The van der Waals surface area contributed by atoms with Gasteiger partial charge in [0.05, 0.1) is 16.8 Å². The van der Waals surface area contributed by atoms with E-state index in [0.717, 1.165) is 6.21 Å². The summed E-state index contributed by atoms with van der Waals surface area (Å²) in [5, 5.41) is 10.6. The molecule has 0 amide bonds. The summed E-state index contributed by atoms with van der Waals surface area (Å²) in [7, 11) is 0. The Kier molecular flexibility index (Phi) is 5.61. The lowest BCUT2D eigenvalue weighted by molar-refractivity contribution is -0.143. The SMILES string of the molecule is Cc1ccc(-c2ccccc2)c(O)c1C=Nc1cc(C(F)(F)F)cc(C(F)(F)F)c1. The zero-order valence-corrected chi connectivity index (χ0v) is 15.5. The molecule has 3 aromatic carbocycles. The van der Waals surface area contributed by atoms with Crippen molar-refractivity contribution in [1.29, 1.82) is 0 Å². The quantitative estimate of drug-likeness (QED) is 0.352. The zero-order chi connectivity index (χ0) is 22.1. The molecule has 0 aliphatic carbocycles. The van der Waals surface area contributed by atoms with Gasteiger partial charge in [0.1, 0.15) is 5.75 Å². The van der Waals surface area contributed by atoms with E-state index in [1.165, 1.54) is 0 Å². The van der Waals surface area contributed by atoms with E-state index in [9.17, 15) is 31.4 Å². The van der Waals surface area contributed by atoms with Crippen molar-refractivity contribution >= 4 is 11.9 Å². The van der Waals surface area contributed by atoms with Gasteiger partial charge in [0, 0.05) is 17.3 Å². The van der Waals surface area contributed by atoms with Crippen molar-refractivity contribution in [3.8, 4) is 16.9 Å². The van der Waals surface area contributed by atoms with Gasteiger partial charge in [-0.25, -0.2) is 0 Å². The van der Waals surface area contributed by atoms with Crippen molar-refractivity contribution < 1.29 is 31.4 Å². The van der Waals surface area contributed by atoms with E-state index in [-0.39, 0.29) is 17.4 Å². The van der Waals surface area contributed by atoms with Gasteiger partial charge in [-0.3, -0.25) is 4.99 Å². The molecule has 0 bridgehead atoms. The summed E-state index contributed by atoms with van der Waals surface area (Å²) in [4.78, 5) is 3.80. The van der Waals surface area contributed by atoms with E-state index in [4.69, 9.17) is 0 Å². The molecule has 0 aliphatic rings. The van der Waals surface area contributed by atoms with Crippen LogP contribution < -0.4 is 0 Å². The van der Waals surface area contributed by atoms with Crippen LogP contribution in [0.3, 0.4) is 0 Å². The lowest BCUT2D eigenvalue weighted by Crippen LogP contribution is -2.10. The van der Waals surface area contributed by atoms with Crippen LogP contribution in [0.4, 0.5) is 32.0 Å². The second-order valence-corrected chi connectivity index (χ2v) is 6.58. The summed E-state index contributed by atoms with van der Waals surface area (Å²) < 4.78 is 78.1. The Morgan fingerprint density at radius 3 is 1.90 bits per heavy atom. The van der Waals surface area contributed by atoms with Gasteiger partial charge in [0.25, 0.3) is 0 Å². The molecule has 2 nitrogen and oxygen atoms in total. The lowest BCUT2D eigenvalue weighted by Gasteiger charge is -2.13. The van der Waals surface area contributed by atoms with Crippen LogP contribution in [0.1, 0.15) is 22.3 Å². The maximum Gasteiger partial charge on any atom is 0.416 e. The summed E-state index contributed by atoms with van der Waals surface area (Å²) in [5.41, 5.74) is -1.53. The first-order valence-electron chi connectivity index (χ1n) is 8.68. The third-order valence-electron chi connectivity index (χ3n) is 4.44.